The third kappa shape index (κ3) is 2.89. The summed E-state index contributed by atoms with van der Waals surface area (Å²) in [5.74, 6) is 0. The van der Waals surface area contributed by atoms with Crippen molar-refractivity contribution in [2.75, 3.05) is 10.5 Å². The van der Waals surface area contributed by atoms with Crippen molar-refractivity contribution in [2.24, 2.45) is 0 Å². The standard InChI is InChI=1S/C14H15ClN2O2S/c1-9-3-8-13(16)10(2)14(9)20(18,19)17-12-6-4-11(15)5-7-12/h3-8,17H,16H2,1-2H3. The maximum absolute atomic E-state index is 12.5. The van der Waals surface area contributed by atoms with E-state index < -0.39 is 10.0 Å². The van der Waals surface area contributed by atoms with E-state index in [9.17, 15) is 8.42 Å². The van der Waals surface area contributed by atoms with Crippen molar-refractivity contribution in [1.82, 2.24) is 0 Å². The van der Waals surface area contributed by atoms with Crippen LogP contribution in [0.4, 0.5) is 11.4 Å². The summed E-state index contributed by atoms with van der Waals surface area (Å²) < 4.78 is 27.5. The highest BCUT2D eigenvalue weighted by atomic mass is 35.5. The summed E-state index contributed by atoms with van der Waals surface area (Å²) in [6, 6.07) is 9.86. The fourth-order valence-electron chi connectivity index (χ4n) is 1.98. The summed E-state index contributed by atoms with van der Waals surface area (Å²) in [4.78, 5) is 0.215. The predicted molar refractivity (Wildman–Crippen MR) is 82.6 cm³/mol. The van der Waals surface area contributed by atoms with Gasteiger partial charge in [0.2, 0.25) is 0 Å². The van der Waals surface area contributed by atoms with Crippen molar-refractivity contribution in [3.8, 4) is 0 Å². The Morgan fingerprint density at radius 2 is 1.65 bits per heavy atom. The monoisotopic (exact) mass is 310 g/mol. The molecule has 0 bridgehead atoms. The van der Waals surface area contributed by atoms with Crippen LogP contribution in [0.15, 0.2) is 41.3 Å². The zero-order valence-corrected chi connectivity index (χ0v) is 12.7. The topological polar surface area (TPSA) is 72.2 Å². The maximum atomic E-state index is 12.5. The van der Waals surface area contributed by atoms with E-state index in [4.69, 9.17) is 17.3 Å². The number of halogens is 1. The summed E-state index contributed by atoms with van der Waals surface area (Å²) in [6.07, 6.45) is 0. The van der Waals surface area contributed by atoms with Crippen LogP contribution in [0, 0.1) is 13.8 Å². The van der Waals surface area contributed by atoms with Gasteiger partial charge in [-0.3, -0.25) is 4.72 Å². The SMILES string of the molecule is Cc1ccc(N)c(C)c1S(=O)(=O)Nc1ccc(Cl)cc1. The van der Waals surface area contributed by atoms with Gasteiger partial charge in [-0.25, -0.2) is 8.42 Å². The van der Waals surface area contributed by atoms with E-state index in [-0.39, 0.29) is 4.90 Å². The molecule has 0 saturated heterocycles. The Labute approximate surface area is 123 Å². The van der Waals surface area contributed by atoms with Crippen LogP contribution in [0.25, 0.3) is 0 Å². The first-order chi connectivity index (χ1) is 9.31. The van der Waals surface area contributed by atoms with Gasteiger partial charge in [-0.1, -0.05) is 17.7 Å². The molecule has 0 aliphatic carbocycles. The van der Waals surface area contributed by atoms with Crippen LogP contribution in [0.3, 0.4) is 0 Å². The van der Waals surface area contributed by atoms with Crippen LogP contribution in [-0.4, -0.2) is 8.42 Å². The highest BCUT2D eigenvalue weighted by Gasteiger charge is 2.20. The van der Waals surface area contributed by atoms with Gasteiger partial charge in [0.25, 0.3) is 10.0 Å². The van der Waals surface area contributed by atoms with Crippen molar-refractivity contribution >= 4 is 33.0 Å². The number of aryl methyl sites for hydroxylation is 1. The maximum Gasteiger partial charge on any atom is 0.262 e. The Kier molecular flexibility index (Phi) is 3.92. The second-order valence-corrected chi connectivity index (χ2v) is 6.59. The van der Waals surface area contributed by atoms with Gasteiger partial charge in [-0.2, -0.15) is 0 Å². The first-order valence-corrected chi connectivity index (χ1v) is 7.81. The number of nitrogen functional groups attached to an aromatic ring is 1. The molecular formula is C14H15ClN2O2S. The molecular weight excluding hydrogens is 296 g/mol. The molecule has 0 fully saturated rings. The molecule has 0 atom stereocenters. The normalized spacial score (nSPS) is 11.3. The summed E-state index contributed by atoms with van der Waals surface area (Å²) in [5.41, 5.74) is 7.89. The first kappa shape index (κ1) is 14.7. The number of hydrogen-bond donors (Lipinski definition) is 2. The quantitative estimate of drug-likeness (QED) is 0.854. The number of nitrogens with two attached hydrogens (primary N) is 1. The highest BCUT2D eigenvalue weighted by Crippen LogP contribution is 2.27. The molecule has 0 unspecified atom stereocenters. The van der Waals surface area contributed by atoms with Gasteiger partial charge in [0.15, 0.2) is 0 Å². The molecule has 0 aliphatic rings. The van der Waals surface area contributed by atoms with Crippen molar-refractivity contribution in [3.63, 3.8) is 0 Å². The first-order valence-electron chi connectivity index (χ1n) is 5.95. The van der Waals surface area contributed by atoms with Crippen LogP contribution < -0.4 is 10.5 Å². The molecule has 0 heterocycles. The van der Waals surface area contributed by atoms with Crippen molar-refractivity contribution < 1.29 is 8.42 Å². The molecule has 6 heteroatoms. The lowest BCUT2D eigenvalue weighted by Crippen LogP contribution is -2.16. The Balaban J connectivity index is 2.46. The van der Waals surface area contributed by atoms with Gasteiger partial charge < -0.3 is 5.73 Å². The molecule has 0 aliphatic heterocycles. The van der Waals surface area contributed by atoms with Crippen molar-refractivity contribution in [2.45, 2.75) is 18.7 Å². The van der Waals surface area contributed by atoms with Gasteiger partial charge in [0, 0.05) is 16.4 Å². The minimum atomic E-state index is -3.68. The minimum absolute atomic E-state index is 0.215. The molecule has 0 amide bonds. The average Bonchev–Trinajstić information content (AvgIpc) is 2.37. The molecule has 0 saturated carbocycles. The summed E-state index contributed by atoms with van der Waals surface area (Å²) in [7, 11) is -3.68. The van der Waals surface area contributed by atoms with Crippen LogP contribution in [0.2, 0.25) is 5.02 Å². The molecule has 0 spiro atoms. The van der Waals surface area contributed by atoms with Crippen molar-refractivity contribution in [1.29, 1.82) is 0 Å². The molecule has 2 aromatic rings. The second-order valence-electron chi connectivity index (χ2n) is 4.54. The lowest BCUT2D eigenvalue weighted by atomic mass is 10.1. The zero-order valence-electron chi connectivity index (χ0n) is 11.1. The fourth-order valence-corrected chi connectivity index (χ4v) is 3.67. The fraction of sp³-hybridized carbons (Fsp3) is 0.143. The van der Waals surface area contributed by atoms with Crippen LogP contribution in [-0.2, 0) is 10.0 Å². The average molecular weight is 311 g/mol. The third-order valence-corrected chi connectivity index (χ3v) is 4.93. The number of benzene rings is 2. The Morgan fingerprint density at radius 3 is 2.25 bits per heavy atom. The minimum Gasteiger partial charge on any atom is -0.398 e. The highest BCUT2D eigenvalue weighted by molar-refractivity contribution is 7.92. The van der Waals surface area contributed by atoms with Crippen LogP contribution in [0.5, 0.6) is 0 Å². The van der Waals surface area contributed by atoms with E-state index in [1.165, 1.54) is 0 Å². The molecule has 4 nitrogen and oxygen atoms in total. The van der Waals surface area contributed by atoms with Crippen LogP contribution >= 0.6 is 11.6 Å². The lowest BCUT2D eigenvalue weighted by molar-refractivity contribution is 0.600. The van der Waals surface area contributed by atoms with E-state index in [0.717, 1.165) is 0 Å². The molecule has 0 radical (unpaired) electrons. The number of hydrogen-bond acceptors (Lipinski definition) is 3. The van der Waals surface area contributed by atoms with E-state index in [1.807, 2.05) is 0 Å². The Morgan fingerprint density at radius 1 is 1.05 bits per heavy atom. The van der Waals surface area contributed by atoms with Gasteiger partial charge in [0.05, 0.1) is 4.90 Å². The number of sulfonamides is 1. The molecule has 2 rings (SSSR count). The molecule has 106 valence electrons. The Hall–Kier alpha value is -1.72. The van der Waals surface area contributed by atoms with Gasteiger partial charge in [-0.05, 0) is 55.3 Å². The Bertz CT molecular complexity index is 741. The van der Waals surface area contributed by atoms with Crippen LogP contribution in [0.1, 0.15) is 11.1 Å². The largest absolute Gasteiger partial charge is 0.398 e. The van der Waals surface area contributed by atoms with Gasteiger partial charge in [0.1, 0.15) is 0 Å². The smallest absolute Gasteiger partial charge is 0.262 e. The lowest BCUT2D eigenvalue weighted by Gasteiger charge is -2.14. The predicted octanol–water partition coefficient (Wildman–Crippen LogP) is 3.34. The molecule has 0 aromatic heterocycles. The van der Waals surface area contributed by atoms with E-state index in [1.54, 1.807) is 50.2 Å². The van der Waals surface area contributed by atoms with Gasteiger partial charge >= 0.3 is 0 Å². The number of nitrogens with one attached hydrogen (secondary N) is 1. The molecule has 3 N–H and O–H groups in total. The van der Waals surface area contributed by atoms with Gasteiger partial charge in [-0.15, -0.1) is 0 Å². The second kappa shape index (κ2) is 5.34. The molecule has 2 aromatic carbocycles. The van der Waals surface area contributed by atoms with Crippen molar-refractivity contribution in [3.05, 3.63) is 52.5 Å². The van der Waals surface area contributed by atoms with E-state index in [0.29, 0.717) is 27.5 Å². The third-order valence-electron chi connectivity index (χ3n) is 3.01. The number of rotatable bonds is 3. The summed E-state index contributed by atoms with van der Waals surface area (Å²) in [5, 5.41) is 0.546. The van der Waals surface area contributed by atoms with E-state index >= 15 is 0 Å². The van der Waals surface area contributed by atoms with E-state index in [2.05, 4.69) is 4.72 Å². The molecule has 20 heavy (non-hydrogen) atoms. The summed E-state index contributed by atoms with van der Waals surface area (Å²) >= 11 is 5.78. The summed E-state index contributed by atoms with van der Waals surface area (Å²) in [6.45, 7) is 3.43. The zero-order chi connectivity index (χ0) is 14.9. The number of anilines is 2.